The molecule has 5 heteroatoms. The van der Waals surface area contributed by atoms with Gasteiger partial charge in [-0.05, 0) is 19.9 Å². The highest BCUT2D eigenvalue weighted by Crippen LogP contribution is 2.24. The summed E-state index contributed by atoms with van der Waals surface area (Å²) in [4.78, 5) is 11.5. The molecule has 96 valence electrons. The summed E-state index contributed by atoms with van der Waals surface area (Å²) in [5, 5.41) is 19.4. The number of rotatable bonds is 3. The Morgan fingerprint density at radius 3 is 2.76 bits per heavy atom. The number of aliphatic hydroxyl groups excluding tert-OH is 2. The Labute approximate surface area is 100 Å². The third kappa shape index (κ3) is 3.15. The Morgan fingerprint density at radius 1 is 1.65 bits per heavy atom. The molecular formula is C12H18O5. The molecule has 4 unspecified atom stereocenters. The van der Waals surface area contributed by atoms with Gasteiger partial charge in [0.25, 0.3) is 0 Å². The van der Waals surface area contributed by atoms with Gasteiger partial charge in [0.2, 0.25) is 0 Å². The molecule has 1 aliphatic rings. The maximum Gasteiger partial charge on any atom is 0.336 e. The molecule has 0 bridgehead atoms. The number of methoxy groups -OCH3 is 1. The van der Waals surface area contributed by atoms with E-state index in [1.54, 1.807) is 19.1 Å². The van der Waals surface area contributed by atoms with Crippen LogP contribution in [0.4, 0.5) is 0 Å². The van der Waals surface area contributed by atoms with Gasteiger partial charge in [-0.2, -0.15) is 0 Å². The third-order valence-electron chi connectivity index (χ3n) is 2.54. The summed E-state index contributed by atoms with van der Waals surface area (Å²) in [6.07, 6.45) is 1.65. The zero-order valence-electron chi connectivity index (χ0n) is 10.2. The number of carbonyl (C=O) groups excluding carboxylic acids is 1. The molecule has 1 rings (SSSR count). The van der Waals surface area contributed by atoms with Gasteiger partial charge in [-0.1, -0.05) is 12.2 Å². The van der Waals surface area contributed by atoms with Gasteiger partial charge in [-0.25, -0.2) is 4.79 Å². The predicted octanol–water partition coefficient (Wildman–Crippen LogP) is 0.171. The van der Waals surface area contributed by atoms with E-state index in [9.17, 15) is 15.0 Å². The van der Waals surface area contributed by atoms with Crippen molar-refractivity contribution in [3.8, 4) is 0 Å². The molecule has 0 aromatic carbocycles. The lowest BCUT2D eigenvalue weighted by atomic mass is 9.97. The SMILES string of the molecule is CC=CC1OC(C(C)O)C(C(=O)OC)=CC1O. The quantitative estimate of drug-likeness (QED) is 0.545. The second kappa shape index (κ2) is 5.95. The van der Waals surface area contributed by atoms with E-state index in [1.165, 1.54) is 20.1 Å². The Kier molecular flexibility index (Phi) is 4.86. The van der Waals surface area contributed by atoms with E-state index in [1.807, 2.05) is 0 Å². The highest BCUT2D eigenvalue weighted by atomic mass is 16.5. The first-order chi connectivity index (χ1) is 8.01. The van der Waals surface area contributed by atoms with Crippen molar-refractivity contribution in [3.63, 3.8) is 0 Å². The highest BCUT2D eigenvalue weighted by molar-refractivity contribution is 5.90. The van der Waals surface area contributed by atoms with Crippen LogP contribution in [0, 0.1) is 0 Å². The Balaban J connectivity index is 3.00. The predicted molar refractivity (Wildman–Crippen MR) is 61.3 cm³/mol. The molecule has 17 heavy (non-hydrogen) atoms. The zero-order chi connectivity index (χ0) is 13.0. The first-order valence-electron chi connectivity index (χ1n) is 5.45. The van der Waals surface area contributed by atoms with Gasteiger partial charge in [0.1, 0.15) is 18.3 Å². The fourth-order valence-electron chi connectivity index (χ4n) is 1.72. The summed E-state index contributed by atoms with van der Waals surface area (Å²) in [6.45, 7) is 3.32. The average Bonchev–Trinajstić information content (AvgIpc) is 2.30. The lowest BCUT2D eigenvalue weighted by Crippen LogP contribution is -2.43. The number of carbonyl (C=O) groups is 1. The minimum atomic E-state index is -0.921. The van der Waals surface area contributed by atoms with Gasteiger partial charge < -0.3 is 19.7 Å². The van der Waals surface area contributed by atoms with Crippen LogP contribution in [-0.2, 0) is 14.3 Å². The van der Waals surface area contributed by atoms with Crippen LogP contribution in [0.2, 0.25) is 0 Å². The highest BCUT2D eigenvalue weighted by Gasteiger charge is 2.35. The second-order valence-corrected chi connectivity index (χ2v) is 3.89. The smallest absolute Gasteiger partial charge is 0.336 e. The lowest BCUT2D eigenvalue weighted by molar-refractivity contribution is -0.142. The zero-order valence-corrected chi connectivity index (χ0v) is 10.2. The monoisotopic (exact) mass is 242 g/mol. The van der Waals surface area contributed by atoms with Gasteiger partial charge in [0.15, 0.2) is 0 Å². The molecule has 0 aromatic rings. The molecular weight excluding hydrogens is 224 g/mol. The van der Waals surface area contributed by atoms with Crippen LogP contribution in [-0.4, -0.2) is 47.7 Å². The van der Waals surface area contributed by atoms with Crippen molar-refractivity contribution in [2.75, 3.05) is 7.11 Å². The molecule has 0 aromatic heterocycles. The van der Waals surface area contributed by atoms with Gasteiger partial charge >= 0.3 is 5.97 Å². The Hall–Kier alpha value is -1.17. The number of hydrogen-bond acceptors (Lipinski definition) is 5. The van der Waals surface area contributed by atoms with Crippen molar-refractivity contribution in [3.05, 3.63) is 23.8 Å². The van der Waals surface area contributed by atoms with E-state index < -0.39 is 30.4 Å². The van der Waals surface area contributed by atoms with Crippen LogP contribution in [0.25, 0.3) is 0 Å². The van der Waals surface area contributed by atoms with Crippen LogP contribution >= 0.6 is 0 Å². The Bertz CT molecular complexity index is 332. The van der Waals surface area contributed by atoms with E-state index in [4.69, 9.17) is 4.74 Å². The fraction of sp³-hybridized carbons (Fsp3) is 0.583. The van der Waals surface area contributed by atoms with E-state index in [0.717, 1.165) is 0 Å². The lowest BCUT2D eigenvalue weighted by Gasteiger charge is -2.32. The number of ether oxygens (including phenoxy) is 2. The number of aliphatic hydroxyl groups is 2. The first-order valence-corrected chi connectivity index (χ1v) is 5.45. The van der Waals surface area contributed by atoms with Crippen molar-refractivity contribution in [2.24, 2.45) is 0 Å². The normalized spacial score (nSPS) is 31.1. The summed E-state index contributed by atoms with van der Waals surface area (Å²) >= 11 is 0. The molecule has 0 saturated heterocycles. The molecule has 0 spiro atoms. The van der Waals surface area contributed by atoms with Crippen molar-refractivity contribution in [1.82, 2.24) is 0 Å². The summed E-state index contributed by atoms with van der Waals surface area (Å²) in [5.74, 6) is -0.603. The van der Waals surface area contributed by atoms with Crippen LogP contribution < -0.4 is 0 Å². The molecule has 1 aliphatic heterocycles. The molecule has 0 saturated carbocycles. The van der Waals surface area contributed by atoms with Crippen molar-refractivity contribution < 1.29 is 24.5 Å². The van der Waals surface area contributed by atoms with E-state index in [0.29, 0.717) is 0 Å². The molecule has 1 heterocycles. The molecule has 0 radical (unpaired) electrons. The molecule has 0 fully saturated rings. The van der Waals surface area contributed by atoms with Crippen LogP contribution in [0.5, 0.6) is 0 Å². The summed E-state index contributed by atoms with van der Waals surface area (Å²) < 4.78 is 10.1. The standard InChI is InChI=1S/C12H18O5/c1-4-5-10-9(14)6-8(12(15)16-3)11(17-10)7(2)13/h4-7,9-11,13-14H,1-3H3. The number of allylic oxidation sites excluding steroid dienone is 1. The summed E-state index contributed by atoms with van der Waals surface area (Å²) in [6, 6.07) is 0. The van der Waals surface area contributed by atoms with Gasteiger partial charge in [0.05, 0.1) is 18.8 Å². The van der Waals surface area contributed by atoms with Crippen molar-refractivity contribution in [2.45, 2.75) is 38.3 Å². The molecule has 0 aliphatic carbocycles. The summed E-state index contributed by atoms with van der Waals surface area (Å²) in [5.41, 5.74) is 0.149. The third-order valence-corrected chi connectivity index (χ3v) is 2.54. The van der Waals surface area contributed by atoms with Gasteiger partial charge in [0, 0.05) is 0 Å². The van der Waals surface area contributed by atoms with Crippen LogP contribution in [0.1, 0.15) is 13.8 Å². The van der Waals surface area contributed by atoms with Crippen LogP contribution in [0.3, 0.4) is 0 Å². The number of hydrogen-bond donors (Lipinski definition) is 2. The average molecular weight is 242 g/mol. The number of esters is 1. The minimum absolute atomic E-state index is 0.149. The van der Waals surface area contributed by atoms with Gasteiger partial charge in [-0.15, -0.1) is 0 Å². The Morgan fingerprint density at radius 2 is 2.29 bits per heavy atom. The maximum atomic E-state index is 11.5. The first kappa shape index (κ1) is 13.9. The van der Waals surface area contributed by atoms with E-state index >= 15 is 0 Å². The largest absolute Gasteiger partial charge is 0.466 e. The van der Waals surface area contributed by atoms with Crippen molar-refractivity contribution in [1.29, 1.82) is 0 Å². The van der Waals surface area contributed by atoms with E-state index in [2.05, 4.69) is 4.74 Å². The van der Waals surface area contributed by atoms with Crippen LogP contribution in [0.15, 0.2) is 23.8 Å². The molecule has 5 nitrogen and oxygen atoms in total. The second-order valence-electron chi connectivity index (χ2n) is 3.89. The fourth-order valence-corrected chi connectivity index (χ4v) is 1.72. The minimum Gasteiger partial charge on any atom is -0.466 e. The molecule has 4 atom stereocenters. The molecule has 2 N–H and O–H groups in total. The topological polar surface area (TPSA) is 76.0 Å². The van der Waals surface area contributed by atoms with Crippen molar-refractivity contribution >= 4 is 5.97 Å². The molecule has 0 amide bonds. The van der Waals surface area contributed by atoms with Gasteiger partial charge in [-0.3, -0.25) is 0 Å². The van der Waals surface area contributed by atoms with E-state index in [-0.39, 0.29) is 5.57 Å². The summed E-state index contributed by atoms with van der Waals surface area (Å²) in [7, 11) is 1.24. The maximum absolute atomic E-state index is 11.5.